The van der Waals surface area contributed by atoms with Crippen LogP contribution in [0.2, 0.25) is 0 Å². The lowest BCUT2D eigenvalue weighted by molar-refractivity contribution is -0.124. The Bertz CT molecular complexity index is 442. The van der Waals surface area contributed by atoms with E-state index in [9.17, 15) is 9.59 Å². The highest BCUT2D eigenvalue weighted by molar-refractivity contribution is 5.95. The molecular weight excluding hydrogens is 222 g/mol. The van der Waals surface area contributed by atoms with Crippen LogP contribution in [0.15, 0.2) is 18.2 Å². The average Bonchev–Trinajstić information content (AvgIpc) is 2.30. The maximum atomic E-state index is 11.6. The van der Waals surface area contributed by atoms with Gasteiger partial charge in [-0.1, -0.05) is 0 Å². The summed E-state index contributed by atoms with van der Waals surface area (Å²) in [6.07, 6.45) is -0.548. The lowest BCUT2D eigenvalue weighted by atomic mass is 10.1. The van der Waals surface area contributed by atoms with Crippen LogP contribution in [-0.4, -0.2) is 30.2 Å². The summed E-state index contributed by atoms with van der Waals surface area (Å²) in [5.41, 5.74) is 1.48. The van der Waals surface area contributed by atoms with E-state index >= 15 is 0 Å². The number of ether oxygens (including phenoxy) is 1. The fourth-order valence-corrected chi connectivity index (χ4v) is 1.28. The van der Waals surface area contributed by atoms with E-state index in [2.05, 4.69) is 5.32 Å². The van der Waals surface area contributed by atoms with Crippen molar-refractivity contribution in [3.8, 4) is 0 Å². The Morgan fingerprint density at radius 1 is 1.41 bits per heavy atom. The topological polar surface area (TPSA) is 75.6 Å². The van der Waals surface area contributed by atoms with Crippen molar-refractivity contribution in [1.29, 1.82) is 0 Å². The van der Waals surface area contributed by atoms with Crippen molar-refractivity contribution in [2.24, 2.45) is 0 Å². The number of methoxy groups -OCH3 is 1. The lowest BCUT2D eigenvalue weighted by Crippen LogP contribution is -2.26. The van der Waals surface area contributed by atoms with Gasteiger partial charge in [-0.2, -0.15) is 0 Å². The first kappa shape index (κ1) is 13.2. The van der Waals surface area contributed by atoms with E-state index in [1.54, 1.807) is 19.9 Å². The third-order valence-electron chi connectivity index (χ3n) is 2.45. The summed E-state index contributed by atoms with van der Waals surface area (Å²) in [6.45, 7) is 3.37. The van der Waals surface area contributed by atoms with Crippen molar-refractivity contribution >= 4 is 17.6 Å². The summed E-state index contributed by atoms with van der Waals surface area (Å²) in [4.78, 5) is 22.3. The smallest absolute Gasteiger partial charge is 0.335 e. The molecule has 0 bridgehead atoms. The number of aromatic carboxylic acids is 1. The molecular formula is C12H15NO4. The molecule has 0 aliphatic heterocycles. The molecule has 1 aromatic carbocycles. The van der Waals surface area contributed by atoms with Crippen molar-refractivity contribution in [3.63, 3.8) is 0 Å². The molecule has 0 saturated carbocycles. The third-order valence-corrected chi connectivity index (χ3v) is 2.45. The van der Waals surface area contributed by atoms with Gasteiger partial charge in [-0.3, -0.25) is 4.79 Å². The van der Waals surface area contributed by atoms with Gasteiger partial charge in [0.2, 0.25) is 0 Å². The summed E-state index contributed by atoms with van der Waals surface area (Å²) in [7, 11) is 1.45. The molecule has 0 heterocycles. The minimum absolute atomic E-state index is 0.195. The number of benzene rings is 1. The van der Waals surface area contributed by atoms with E-state index in [0.29, 0.717) is 11.3 Å². The van der Waals surface area contributed by atoms with Crippen LogP contribution in [0.1, 0.15) is 22.8 Å². The first-order valence-electron chi connectivity index (χ1n) is 5.13. The van der Waals surface area contributed by atoms with E-state index < -0.39 is 12.1 Å². The van der Waals surface area contributed by atoms with Crippen LogP contribution in [0.5, 0.6) is 0 Å². The second kappa shape index (κ2) is 5.45. The predicted octanol–water partition coefficient (Wildman–Crippen LogP) is 1.67. The highest BCUT2D eigenvalue weighted by Crippen LogP contribution is 2.17. The molecule has 0 aliphatic carbocycles. The van der Waals surface area contributed by atoms with Crippen molar-refractivity contribution in [2.75, 3.05) is 12.4 Å². The van der Waals surface area contributed by atoms with E-state index in [-0.39, 0.29) is 11.5 Å². The molecule has 1 aromatic rings. The van der Waals surface area contributed by atoms with Crippen LogP contribution in [0, 0.1) is 6.92 Å². The molecule has 2 N–H and O–H groups in total. The van der Waals surface area contributed by atoms with Gasteiger partial charge < -0.3 is 15.2 Å². The summed E-state index contributed by atoms with van der Waals surface area (Å²) < 4.78 is 4.88. The number of nitrogens with one attached hydrogen (secondary N) is 1. The van der Waals surface area contributed by atoms with E-state index in [0.717, 1.165) is 0 Å². The van der Waals surface area contributed by atoms with Crippen LogP contribution in [0.3, 0.4) is 0 Å². The molecule has 0 saturated heterocycles. The Hall–Kier alpha value is -1.88. The van der Waals surface area contributed by atoms with Crippen molar-refractivity contribution in [2.45, 2.75) is 20.0 Å². The van der Waals surface area contributed by atoms with Crippen molar-refractivity contribution < 1.29 is 19.4 Å². The molecule has 1 unspecified atom stereocenters. The summed E-state index contributed by atoms with van der Waals surface area (Å²) in [6, 6.07) is 4.52. The first-order valence-corrected chi connectivity index (χ1v) is 5.13. The van der Waals surface area contributed by atoms with Crippen molar-refractivity contribution in [1.82, 2.24) is 0 Å². The minimum Gasteiger partial charge on any atom is -0.478 e. The Morgan fingerprint density at radius 2 is 2.06 bits per heavy atom. The number of aryl methyl sites for hydroxylation is 1. The Labute approximate surface area is 99.4 Å². The fraction of sp³-hybridized carbons (Fsp3) is 0.333. The van der Waals surface area contributed by atoms with Gasteiger partial charge in [0.05, 0.1) is 5.56 Å². The maximum absolute atomic E-state index is 11.6. The van der Waals surface area contributed by atoms with Crippen LogP contribution < -0.4 is 5.32 Å². The molecule has 17 heavy (non-hydrogen) atoms. The fourth-order valence-electron chi connectivity index (χ4n) is 1.28. The van der Waals surface area contributed by atoms with Crippen LogP contribution in [-0.2, 0) is 9.53 Å². The van der Waals surface area contributed by atoms with Gasteiger partial charge in [0.1, 0.15) is 6.10 Å². The predicted molar refractivity (Wildman–Crippen MR) is 63.2 cm³/mol. The number of carbonyl (C=O) groups is 2. The molecule has 0 radical (unpaired) electrons. The SMILES string of the molecule is COC(C)C(=O)Nc1ccc(C(=O)O)cc1C. The number of carboxylic acids is 1. The number of rotatable bonds is 4. The Morgan fingerprint density at radius 3 is 2.53 bits per heavy atom. The molecule has 5 heteroatoms. The molecule has 0 aromatic heterocycles. The lowest BCUT2D eigenvalue weighted by Gasteiger charge is -2.12. The average molecular weight is 237 g/mol. The van der Waals surface area contributed by atoms with Crippen LogP contribution in [0.4, 0.5) is 5.69 Å². The second-order valence-electron chi connectivity index (χ2n) is 3.70. The zero-order valence-electron chi connectivity index (χ0n) is 9.98. The second-order valence-corrected chi connectivity index (χ2v) is 3.70. The third kappa shape index (κ3) is 3.29. The molecule has 0 fully saturated rings. The van der Waals surface area contributed by atoms with E-state index in [1.807, 2.05) is 0 Å². The zero-order chi connectivity index (χ0) is 13.0. The standard InChI is InChI=1S/C12H15NO4/c1-7-6-9(12(15)16)4-5-10(7)13-11(14)8(2)17-3/h4-6,8H,1-3H3,(H,13,14)(H,15,16). The Kier molecular flexibility index (Phi) is 4.23. The molecule has 0 spiro atoms. The van der Waals surface area contributed by atoms with Gasteiger partial charge in [-0.05, 0) is 37.6 Å². The van der Waals surface area contributed by atoms with E-state index in [4.69, 9.17) is 9.84 Å². The normalized spacial score (nSPS) is 11.9. The quantitative estimate of drug-likeness (QED) is 0.835. The minimum atomic E-state index is -0.990. The number of hydrogen-bond donors (Lipinski definition) is 2. The molecule has 1 rings (SSSR count). The molecule has 0 aliphatic rings. The highest BCUT2D eigenvalue weighted by Gasteiger charge is 2.13. The molecule has 1 amide bonds. The van der Waals surface area contributed by atoms with Gasteiger partial charge in [-0.15, -0.1) is 0 Å². The number of carboxylic acid groups (broad SMARTS) is 1. The van der Waals surface area contributed by atoms with Gasteiger partial charge >= 0.3 is 5.97 Å². The van der Waals surface area contributed by atoms with Crippen molar-refractivity contribution in [3.05, 3.63) is 29.3 Å². The largest absolute Gasteiger partial charge is 0.478 e. The van der Waals surface area contributed by atoms with E-state index in [1.165, 1.54) is 19.2 Å². The number of hydrogen-bond acceptors (Lipinski definition) is 3. The summed E-state index contributed by atoms with van der Waals surface area (Å²) >= 11 is 0. The van der Waals surface area contributed by atoms with Gasteiger partial charge in [0, 0.05) is 12.8 Å². The first-order chi connectivity index (χ1) is 7.95. The Balaban J connectivity index is 2.86. The number of anilines is 1. The number of carbonyl (C=O) groups excluding carboxylic acids is 1. The molecule has 92 valence electrons. The summed E-state index contributed by atoms with van der Waals surface area (Å²) in [5, 5.41) is 11.5. The van der Waals surface area contributed by atoms with Gasteiger partial charge in [0.15, 0.2) is 0 Å². The highest BCUT2D eigenvalue weighted by atomic mass is 16.5. The van der Waals surface area contributed by atoms with Gasteiger partial charge in [0.25, 0.3) is 5.91 Å². The zero-order valence-corrected chi connectivity index (χ0v) is 9.98. The molecule has 1 atom stereocenters. The number of amides is 1. The van der Waals surface area contributed by atoms with Crippen LogP contribution >= 0.6 is 0 Å². The molecule has 5 nitrogen and oxygen atoms in total. The van der Waals surface area contributed by atoms with Gasteiger partial charge in [-0.25, -0.2) is 4.79 Å². The summed E-state index contributed by atoms with van der Waals surface area (Å²) in [5.74, 6) is -1.25. The monoisotopic (exact) mass is 237 g/mol. The van der Waals surface area contributed by atoms with Crippen LogP contribution in [0.25, 0.3) is 0 Å². The maximum Gasteiger partial charge on any atom is 0.335 e.